The van der Waals surface area contributed by atoms with Gasteiger partial charge in [0.15, 0.2) is 0 Å². The van der Waals surface area contributed by atoms with E-state index in [1.165, 1.54) is 0 Å². The van der Waals surface area contributed by atoms with Crippen LogP contribution in [0.25, 0.3) is 11.4 Å². The number of likely N-dealkylation sites (tertiary alicyclic amines) is 1. The fourth-order valence-corrected chi connectivity index (χ4v) is 3.51. The Morgan fingerprint density at radius 1 is 1.21 bits per heavy atom. The molecule has 2 aromatic rings. The first-order valence-corrected chi connectivity index (χ1v) is 9.80. The third-order valence-electron chi connectivity index (χ3n) is 5.19. The number of amides is 2. The van der Waals surface area contributed by atoms with E-state index in [0.717, 1.165) is 5.56 Å². The summed E-state index contributed by atoms with van der Waals surface area (Å²) in [4.78, 5) is 38.3. The van der Waals surface area contributed by atoms with Crippen LogP contribution in [0.5, 0.6) is 0 Å². The van der Waals surface area contributed by atoms with E-state index >= 15 is 0 Å². The van der Waals surface area contributed by atoms with Crippen molar-refractivity contribution in [2.45, 2.75) is 12.8 Å². The molecule has 0 N–H and O–H groups in total. The lowest BCUT2D eigenvalue weighted by atomic mass is 10.00. The second kappa shape index (κ2) is 8.56. The second-order valence-corrected chi connectivity index (χ2v) is 7.16. The van der Waals surface area contributed by atoms with Crippen LogP contribution in [0.3, 0.4) is 0 Å². The SMILES string of the molecule is CCOC(=O)N1CCN(C(=O)CN2CC(c3nc(-c4cccnc4)no3)C2)CC1. The zero-order valence-corrected chi connectivity index (χ0v) is 16.4. The van der Waals surface area contributed by atoms with Crippen LogP contribution >= 0.6 is 0 Å². The Bertz CT molecular complexity index is 843. The maximum atomic E-state index is 12.5. The minimum Gasteiger partial charge on any atom is -0.450 e. The number of piperazine rings is 1. The predicted octanol–water partition coefficient (Wildman–Crippen LogP) is 0.832. The van der Waals surface area contributed by atoms with Crippen molar-refractivity contribution in [1.29, 1.82) is 0 Å². The molecule has 2 aromatic heterocycles. The van der Waals surface area contributed by atoms with E-state index in [4.69, 9.17) is 9.26 Å². The van der Waals surface area contributed by atoms with Gasteiger partial charge in [-0.05, 0) is 19.1 Å². The number of hydrogen-bond acceptors (Lipinski definition) is 8. The van der Waals surface area contributed by atoms with E-state index < -0.39 is 0 Å². The molecule has 154 valence electrons. The first-order valence-electron chi connectivity index (χ1n) is 9.80. The van der Waals surface area contributed by atoms with Gasteiger partial charge in [-0.25, -0.2) is 4.79 Å². The third-order valence-corrected chi connectivity index (χ3v) is 5.19. The standard InChI is InChI=1S/C19H24N6O4/c1-2-28-19(27)25-8-6-24(7-9-25)16(26)13-23-11-15(12-23)18-21-17(22-29-18)14-4-3-5-20-10-14/h3-5,10,15H,2,6-9,11-13H2,1H3. The zero-order chi connectivity index (χ0) is 20.2. The zero-order valence-electron chi connectivity index (χ0n) is 16.4. The first kappa shape index (κ1) is 19.3. The van der Waals surface area contributed by atoms with Crippen LogP contribution in [0.2, 0.25) is 0 Å². The molecule has 0 aliphatic carbocycles. The summed E-state index contributed by atoms with van der Waals surface area (Å²) in [6.07, 6.45) is 3.08. The van der Waals surface area contributed by atoms with Crippen molar-refractivity contribution in [3.8, 4) is 11.4 Å². The highest BCUT2D eigenvalue weighted by molar-refractivity contribution is 5.79. The number of carbonyl (C=O) groups is 2. The van der Waals surface area contributed by atoms with Crippen LogP contribution in [0.1, 0.15) is 18.7 Å². The van der Waals surface area contributed by atoms with Crippen molar-refractivity contribution in [3.05, 3.63) is 30.4 Å². The van der Waals surface area contributed by atoms with Crippen molar-refractivity contribution in [2.24, 2.45) is 0 Å². The summed E-state index contributed by atoms with van der Waals surface area (Å²) in [5.41, 5.74) is 0.816. The van der Waals surface area contributed by atoms with Crippen LogP contribution in [0, 0.1) is 0 Å². The molecule has 10 heteroatoms. The van der Waals surface area contributed by atoms with E-state index in [1.807, 2.05) is 12.1 Å². The molecule has 0 spiro atoms. The number of ether oxygens (including phenoxy) is 1. The normalized spacial score (nSPS) is 17.8. The summed E-state index contributed by atoms with van der Waals surface area (Å²) < 4.78 is 10.4. The number of hydrogen-bond donors (Lipinski definition) is 0. The molecule has 0 bridgehead atoms. The molecular weight excluding hydrogens is 376 g/mol. The van der Waals surface area contributed by atoms with Gasteiger partial charge < -0.3 is 19.1 Å². The van der Waals surface area contributed by atoms with Gasteiger partial charge in [-0.15, -0.1) is 0 Å². The van der Waals surface area contributed by atoms with Gasteiger partial charge in [0, 0.05) is 57.2 Å². The summed E-state index contributed by atoms with van der Waals surface area (Å²) in [6, 6.07) is 3.71. The minimum absolute atomic E-state index is 0.0773. The van der Waals surface area contributed by atoms with E-state index in [0.29, 0.717) is 64.1 Å². The number of pyridine rings is 1. The molecule has 0 aromatic carbocycles. The molecule has 4 heterocycles. The van der Waals surface area contributed by atoms with E-state index in [-0.39, 0.29) is 17.9 Å². The average Bonchev–Trinajstić information content (AvgIpc) is 3.21. The van der Waals surface area contributed by atoms with Crippen LogP contribution in [-0.4, -0.2) is 94.2 Å². The Morgan fingerprint density at radius 3 is 2.66 bits per heavy atom. The van der Waals surface area contributed by atoms with Crippen molar-refractivity contribution in [3.63, 3.8) is 0 Å². The maximum absolute atomic E-state index is 12.5. The van der Waals surface area contributed by atoms with Gasteiger partial charge in [0.2, 0.25) is 17.6 Å². The Kier molecular flexibility index (Phi) is 5.70. The minimum atomic E-state index is -0.310. The molecular formula is C19H24N6O4. The molecule has 29 heavy (non-hydrogen) atoms. The molecule has 2 amide bonds. The lowest BCUT2D eigenvalue weighted by molar-refractivity contribution is -0.135. The van der Waals surface area contributed by atoms with Crippen molar-refractivity contribution >= 4 is 12.0 Å². The number of rotatable bonds is 5. The highest BCUT2D eigenvalue weighted by Gasteiger charge is 2.35. The van der Waals surface area contributed by atoms with E-state index in [9.17, 15) is 9.59 Å². The molecule has 2 aliphatic heterocycles. The molecule has 0 saturated carbocycles. The smallest absolute Gasteiger partial charge is 0.409 e. The lowest BCUT2D eigenvalue weighted by Crippen LogP contribution is -2.55. The van der Waals surface area contributed by atoms with Gasteiger partial charge in [-0.2, -0.15) is 4.98 Å². The summed E-state index contributed by atoms with van der Waals surface area (Å²) in [5.74, 6) is 1.34. The third kappa shape index (κ3) is 4.37. The predicted molar refractivity (Wildman–Crippen MR) is 102 cm³/mol. The topological polar surface area (TPSA) is 105 Å². The Labute approximate surface area is 168 Å². The van der Waals surface area contributed by atoms with Crippen LogP contribution in [-0.2, 0) is 9.53 Å². The molecule has 0 unspecified atom stereocenters. The van der Waals surface area contributed by atoms with Crippen LogP contribution in [0.4, 0.5) is 4.79 Å². The molecule has 0 radical (unpaired) electrons. The highest BCUT2D eigenvalue weighted by atomic mass is 16.6. The van der Waals surface area contributed by atoms with Gasteiger partial charge in [-0.3, -0.25) is 14.7 Å². The average molecular weight is 400 g/mol. The molecule has 2 fully saturated rings. The van der Waals surface area contributed by atoms with Crippen molar-refractivity contribution in [1.82, 2.24) is 29.8 Å². The maximum Gasteiger partial charge on any atom is 0.409 e. The Balaban J connectivity index is 1.22. The molecule has 10 nitrogen and oxygen atoms in total. The lowest BCUT2D eigenvalue weighted by Gasteiger charge is -2.39. The summed E-state index contributed by atoms with van der Waals surface area (Å²) in [7, 11) is 0. The Hall–Kier alpha value is -3.01. The van der Waals surface area contributed by atoms with Gasteiger partial charge in [0.25, 0.3) is 0 Å². The fraction of sp³-hybridized carbons (Fsp3) is 0.526. The largest absolute Gasteiger partial charge is 0.450 e. The second-order valence-electron chi connectivity index (χ2n) is 7.16. The molecule has 4 rings (SSSR count). The quantitative estimate of drug-likeness (QED) is 0.727. The monoisotopic (exact) mass is 400 g/mol. The highest BCUT2D eigenvalue weighted by Crippen LogP contribution is 2.27. The summed E-state index contributed by atoms with van der Waals surface area (Å²) in [5, 5.41) is 4.02. The number of carbonyl (C=O) groups excluding carboxylic acids is 2. The summed E-state index contributed by atoms with van der Waals surface area (Å²) in [6.45, 7) is 6.01. The van der Waals surface area contributed by atoms with Crippen LogP contribution in [0.15, 0.2) is 29.0 Å². The number of aromatic nitrogens is 3. The van der Waals surface area contributed by atoms with Crippen molar-refractivity contribution < 1.29 is 18.8 Å². The molecule has 0 atom stereocenters. The fourth-order valence-electron chi connectivity index (χ4n) is 3.51. The number of nitrogens with zero attached hydrogens (tertiary/aromatic N) is 6. The van der Waals surface area contributed by atoms with E-state index in [2.05, 4.69) is 20.0 Å². The van der Waals surface area contributed by atoms with E-state index in [1.54, 1.807) is 29.1 Å². The van der Waals surface area contributed by atoms with Gasteiger partial charge >= 0.3 is 6.09 Å². The van der Waals surface area contributed by atoms with Crippen molar-refractivity contribution in [2.75, 3.05) is 52.4 Å². The van der Waals surface area contributed by atoms with Gasteiger partial charge in [-0.1, -0.05) is 5.16 Å². The van der Waals surface area contributed by atoms with Crippen LogP contribution < -0.4 is 0 Å². The summed E-state index contributed by atoms with van der Waals surface area (Å²) >= 11 is 0. The first-order chi connectivity index (χ1) is 14.1. The Morgan fingerprint density at radius 2 is 1.97 bits per heavy atom. The van der Waals surface area contributed by atoms with Gasteiger partial charge in [0.05, 0.1) is 19.1 Å². The molecule has 2 saturated heterocycles. The molecule has 2 aliphatic rings. The van der Waals surface area contributed by atoms with Gasteiger partial charge in [0.1, 0.15) is 0 Å².